The summed E-state index contributed by atoms with van der Waals surface area (Å²) in [5, 5.41) is 0. The Bertz CT molecular complexity index is 1640. The van der Waals surface area contributed by atoms with Crippen LogP contribution < -0.4 is 4.74 Å². The van der Waals surface area contributed by atoms with Crippen molar-refractivity contribution in [2.75, 3.05) is 7.11 Å². The van der Waals surface area contributed by atoms with Gasteiger partial charge in [0.2, 0.25) is 5.88 Å². The van der Waals surface area contributed by atoms with Gasteiger partial charge in [0.15, 0.2) is 5.82 Å². The first-order valence-electron chi connectivity index (χ1n) is 15.5. The van der Waals surface area contributed by atoms with Crippen molar-refractivity contribution >= 4 is 29.1 Å². The van der Waals surface area contributed by atoms with E-state index in [-0.39, 0.29) is 5.97 Å². The number of hydrogen-bond donors (Lipinski definition) is 0. The molecule has 3 aromatic carbocycles. The molecule has 44 heavy (non-hydrogen) atoms. The number of hydrogen-bond acceptors (Lipinski definition) is 6. The third-order valence-corrected chi connectivity index (χ3v) is 8.83. The Hall–Kier alpha value is -4.58. The van der Waals surface area contributed by atoms with Crippen LogP contribution in [0.4, 0.5) is 5.82 Å². The molecule has 1 aliphatic carbocycles. The molecule has 2 aliphatic rings. The fourth-order valence-corrected chi connectivity index (χ4v) is 6.42. The maximum atomic E-state index is 11.7. The monoisotopic (exact) mass is 585 g/mol. The van der Waals surface area contributed by atoms with E-state index in [1.807, 2.05) is 43.3 Å². The number of methoxy groups -OCH3 is 1. The second-order valence-corrected chi connectivity index (χ2v) is 12.3. The Balaban J connectivity index is 1.34. The summed E-state index contributed by atoms with van der Waals surface area (Å²) in [4.78, 5) is 26.4. The lowest BCUT2D eigenvalue weighted by atomic mass is 9.77. The molecule has 4 aromatic rings. The lowest BCUT2D eigenvalue weighted by Gasteiger charge is -2.34. The minimum absolute atomic E-state index is 0.101. The summed E-state index contributed by atoms with van der Waals surface area (Å²) < 4.78 is 11.5. The standard InChI is InChI=1S/C38H39N3O3/c1-25-39-36(41-35(30-11-7-5-8-12-30)31-13-9-6-10-14-31)32-24-33(38(2,3)44-37(32)40-25)29-21-19-28(20-22-29)27-17-15-26(16-18-27)23-34(42)43-4/h5-14,19-22,24,26-27H,15-18,23H2,1-4H3. The first-order valence-corrected chi connectivity index (χ1v) is 15.5. The molecule has 1 aliphatic heterocycles. The molecule has 6 nitrogen and oxygen atoms in total. The lowest BCUT2D eigenvalue weighted by molar-refractivity contribution is -0.142. The van der Waals surface area contributed by atoms with Gasteiger partial charge in [-0.25, -0.2) is 9.98 Å². The van der Waals surface area contributed by atoms with Crippen LogP contribution in [0.2, 0.25) is 0 Å². The highest BCUT2D eigenvalue weighted by Gasteiger charge is 2.34. The van der Waals surface area contributed by atoms with E-state index in [0.29, 0.717) is 35.8 Å². The number of aryl methyl sites for hydroxylation is 1. The minimum atomic E-state index is -0.593. The van der Waals surface area contributed by atoms with Gasteiger partial charge in [-0.05, 0) is 75.5 Å². The summed E-state index contributed by atoms with van der Waals surface area (Å²) in [6.45, 7) is 6.04. The van der Waals surface area contributed by atoms with E-state index in [4.69, 9.17) is 19.5 Å². The van der Waals surface area contributed by atoms with Gasteiger partial charge in [0.1, 0.15) is 11.4 Å². The van der Waals surface area contributed by atoms with Gasteiger partial charge < -0.3 is 9.47 Å². The molecule has 0 bridgehead atoms. The average Bonchev–Trinajstić information content (AvgIpc) is 3.04. The number of ether oxygens (including phenoxy) is 2. The number of fused-ring (bicyclic) bond motifs is 1. The highest BCUT2D eigenvalue weighted by atomic mass is 16.5. The summed E-state index contributed by atoms with van der Waals surface area (Å²) in [6.07, 6.45) is 6.98. The van der Waals surface area contributed by atoms with Crippen LogP contribution in [0.5, 0.6) is 5.88 Å². The quantitative estimate of drug-likeness (QED) is 0.161. The van der Waals surface area contributed by atoms with Gasteiger partial charge in [-0.2, -0.15) is 4.98 Å². The third kappa shape index (κ3) is 6.35. The normalized spacial score (nSPS) is 18.8. The van der Waals surface area contributed by atoms with Gasteiger partial charge in [-0.1, -0.05) is 84.9 Å². The summed E-state index contributed by atoms with van der Waals surface area (Å²) in [6, 6.07) is 29.3. The fourth-order valence-electron chi connectivity index (χ4n) is 6.42. The molecule has 1 saturated carbocycles. The van der Waals surface area contributed by atoms with Crippen molar-refractivity contribution in [1.29, 1.82) is 0 Å². The van der Waals surface area contributed by atoms with Gasteiger partial charge in [0, 0.05) is 23.1 Å². The van der Waals surface area contributed by atoms with Crippen LogP contribution >= 0.6 is 0 Å². The SMILES string of the molecule is COC(=O)CC1CCC(c2ccc(C3=Cc4c(N=C(c5ccccc5)c5ccccc5)nc(C)nc4OC3(C)C)cc2)CC1. The first kappa shape index (κ1) is 29.5. The van der Waals surface area contributed by atoms with Gasteiger partial charge in [-0.15, -0.1) is 0 Å². The Morgan fingerprint density at radius 1 is 0.886 bits per heavy atom. The molecule has 6 heteroatoms. The van der Waals surface area contributed by atoms with Crippen LogP contribution in [-0.4, -0.2) is 34.4 Å². The van der Waals surface area contributed by atoms with Crippen LogP contribution in [0.1, 0.15) is 85.5 Å². The molecule has 0 spiro atoms. The summed E-state index contributed by atoms with van der Waals surface area (Å²) in [7, 11) is 1.47. The van der Waals surface area contributed by atoms with E-state index in [1.165, 1.54) is 12.7 Å². The van der Waals surface area contributed by atoms with Crippen LogP contribution in [0, 0.1) is 12.8 Å². The third-order valence-electron chi connectivity index (χ3n) is 8.83. The summed E-state index contributed by atoms with van der Waals surface area (Å²) in [5.74, 6) is 2.58. The van der Waals surface area contributed by atoms with Crippen molar-refractivity contribution in [2.24, 2.45) is 10.9 Å². The number of aliphatic imine (C=N–C) groups is 1. The summed E-state index contributed by atoms with van der Waals surface area (Å²) >= 11 is 0. The molecule has 2 heterocycles. The molecule has 6 rings (SSSR count). The Morgan fingerprint density at radius 2 is 1.50 bits per heavy atom. The van der Waals surface area contributed by atoms with Gasteiger partial charge in [0.25, 0.3) is 0 Å². The lowest BCUT2D eigenvalue weighted by Crippen LogP contribution is -2.33. The van der Waals surface area contributed by atoms with E-state index < -0.39 is 5.60 Å². The Kier molecular flexibility index (Phi) is 8.42. The molecule has 0 radical (unpaired) electrons. The maximum absolute atomic E-state index is 11.7. The molecular formula is C38H39N3O3. The van der Waals surface area contributed by atoms with E-state index in [0.717, 1.165) is 59.2 Å². The van der Waals surface area contributed by atoms with Crippen LogP contribution in [0.3, 0.4) is 0 Å². The topological polar surface area (TPSA) is 73.7 Å². The van der Waals surface area contributed by atoms with Crippen LogP contribution in [-0.2, 0) is 9.53 Å². The molecule has 0 amide bonds. The molecule has 1 aromatic heterocycles. The van der Waals surface area contributed by atoms with Gasteiger partial charge >= 0.3 is 5.97 Å². The fraction of sp³-hybridized carbons (Fsp3) is 0.316. The Labute approximate surface area is 259 Å². The molecular weight excluding hydrogens is 546 g/mol. The highest BCUT2D eigenvalue weighted by Crippen LogP contribution is 2.43. The molecule has 0 atom stereocenters. The Morgan fingerprint density at radius 3 is 2.09 bits per heavy atom. The highest BCUT2D eigenvalue weighted by molar-refractivity contribution is 6.14. The van der Waals surface area contributed by atoms with E-state index in [9.17, 15) is 4.79 Å². The first-order chi connectivity index (χ1) is 21.3. The molecule has 0 N–H and O–H groups in total. The zero-order valence-corrected chi connectivity index (χ0v) is 25.9. The molecule has 0 unspecified atom stereocenters. The number of carbonyl (C=O) groups is 1. The van der Waals surface area contributed by atoms with Crippen molar-refractivity contribution in [2.45, 2.75) is 64.4 Å². The molecule has 224 valence electrons. The predicted molar refractivity (Wildman–Crippen MR) is 175 cm³/mol. The molecule has 0 saturated heterocycles. The van der Waals surface area contributed by atoms with E-state index in [1.54, 1.807) is 0 Å². The van der Waals surface area contributed by atoms with Gasteiger partial charge in [0.05, 0.1) is 18.4 Å². The van der Waals surface area contributed by atoms with Crippen molar-refractivity contribution in [3.63, 3.8) is 0 Å². The number of nitrogens with zero attached hydrogens (tertiary/aromatic N) is 3. The zero-order chi connectivity index (χ0) is 30.7. The summed E-state index contributed by atoms with van der Waals surface area (Å²) in [5.41, 5.74) is 6.57. The predicted octanol–water partition coefficient (Wildman–Crippen LogP) is 8.50. The minimum Gasteiger partial charge on any atom is -0.469 e. The van der Waals surface area contributed by atoms with Crippen molar-refractivity contribution < 1.29 is 14.3 Å². The van der Waals surface area contributed by atoms with Crippen molar-refractivity contribution in [1.82, 2.24) is 9.97 Å². The number of aromatic nitrogens is 2. The van der Waals surface area contributed by atoms with Crippen molar-refractivity contribution in [3.05, 3.63) is 119 Å². The number of rotatable bonds is 7. The number of esters is 1. The van der Waals surface area contributed by atoms with Gasteiger partial charge in [-0.3, -0.25) is 4.79 Å². The van der Waals surface area contributed by atoms with Crippen LogP contribution in [0.15, 0.2) is 89.9 Å². The molecule has 1 fully saturated rings. The maximum Gasteiger partial charge on any atom is 0.305 e. The van der Waals surface area contributed by atoms with Crippen LogP contribution in [0.25, 0.3) is 11.6 Å². The zero-order valence-electron chi connectivity index (χ0n) is 25.9. The van der Waals surface area contributed by atoms with Crippen molar-refractivity contribution in [3.8, 4) is 5.88 Å². The smallest absolute Gasteiger partial charge is 0.305 e. The second-order valence-electron chi connectivity index (χ2n) is 12.3. The average molecular weight is 586 g/mol. The van der Waals surface area contributed by atoms with E-state index >= 15 is 0 Å². The number of carbonyl (C=O) groups excluding carboxylic acids is 1. The largest absolute Gasteiger partial charge is 0.469 e. The second kappa shape index (κ2) is 12.6. The van der Waals surface area contributed by atoms with E-state index in [2.05, 4.69) is 73.4 Å². The number of benzene rings is 3.